The van der Waals surface area contributed by atoms with Crippen LogP contribution in [-0.2, 0) is 0 Å². The summed E-state index contributed by atoms with van der Waals surface area (Å²) in [6.45, 7) is 0. The lowest BCUT2D eigenvalue weighted by Crippen LogP contribution is -1.92. The van der Waals surface area contributed by atoms with Crippen molar-refractivity contribution in [3.8, 4) is 11.1 Å². The van der Waals surface area contributed by atoms with E-state index in [1.54, 1.807) is 6.20 Å². The molecule has 0 aliphatic heterocycles. The van der Waals surface area contributed by atoms with Crippen LogP contribution in [0.2, 0.25) is 5.15 Å². The molecule has 3 nitrogen and oxygen atoms in total. The van der Waals surface area contributed by atoms with Crippen molar-refractivity contribution in [3.05, 3.63) is 66.1 Å². The lowest BCUT2D eigenvalue weighted by molar-refractivity contribution is 1.21. The van der Waals surface area contributed by atoms with Crippen LogP contribution in [0.5, 0.6) is 0 Å². The summed E-state index contributed by atoms with van der Waals surface area (Å²) in [5.41, 5.74) is 4.84. The van der Waals surface area contributed by atoms with Gasteiger partial charge >= 0.3 is 0 Å². The lowest BCUT2D eigenvalue weighted by Gasteiger charge is -2.06. The van der Waals surface area contributed by atoms with Gasteiger partial charge in [0.05, 0.1) is 11.0 Å². The number of hydrogen-bond acceptors (Lipinski definition) is 2. The fraction of sp³-hybridized carbons (Fsp3) is 0. The quantitative estimate of drug-likeness (QED) is 0.523. The Morgan fingerprint density at radius 1 is 0.950 bits per heavy atom. The Bertz CT molecular complexity index is 913. The van der Waals surface area contributed by atoms with Crippen LogP contribution in [0.25, 0.3) is 27.8 Å². The van der Waals surface area contributed by atoms with Crippen molar-refractivity contribution in [1.29, 1.82) is 0 Å². The number of fused-ring (bicyclic) bond motifs is 3. The Morgan fingerprint density at radius 2 is 1.80 bits per heavy atom. The second kappa shape index (κ2) is 4.32. The average molecular weight is 280 g/mol. The van der Waals surface area contributed by atoms with Crippen LogP contribution in [0.1, 0.15) is 0 Å². The van der Waals surface area contributed by atoms with Gasteiger partial charge in [-0.25, -0.2) is 9.97 Å². The highest BCUT2D eigenvalue weighted by atomic mass is 35.5. The predicted octanol–water partition coefficient (Wildman–Crippen LogP) is 4.20. The summed E-state index contributed by atoms with van der Waals surface area (Å²) in [6.07, 6.45) is 3.63. The van der Waals surface area contributed by atoms with Gasteiger partial charge < -0.3 is 0 Å². The van der Waals surface area contributed by atoms with E-state index in [1.165, 1.54) is 0 Å². The Hall–Kier alpha value is -2.39. The van der Waals surface area contributed by atoms with Gasteiger partial charge in [0.1, 0.15) is 0 Å². The topological polar surface area (TPSA) is 30.2 Å². The average Bonchev–Trinajstić information content (AvgIpc) is 2.98. The number of halogens is 1. The zero-order valence-corrected chi connectivity index (χ0v) is 11.2. The SMILES string of the molecule is Clc1nc2cc(-c3ccccc3)ccc2n2ccnc12. The van der Waals surface area contributed by atoms with Gasteiger partial charge in [-0.15, -0.1) is 0 Å². The number of nitrogens with zero attached hydrogens (tertiary/aromatic N) is 3. The van der Waals surface area contributed by atoms with Gasteiger partial charge in [-0.05, 0) is 23.3 Å². The third-order valence-corrected chi connectivity index (χ3v) is 3.64. The van der Waals surface area contributed by atoms with Gasteiger partial charge in [0.25, 0.3) is 0 Å². The van der Waals surface area contributed by atoms with E-state index in [-0.39, 0.29) is 0 Å². The third-order valence-electron chi connectivity index (χ3n) is 3.39. The van der Waals surface area contributed by atoms with Crippen molar-refractivity contribution in [1.82, 2.24) is 14.4 Å². The molecule has 0 fully saturated rings. The molecule has 0 atom stereocenters. The summed E-state index contributed by atoms with van der Waals surface area (Å²) >= 11 is 6.18. The van der Waals surface area contributed by atoms with Crippen LogP contribution >= 0.6 is 11.6 Å². The molecule has 0 aliphatic rings. The standard InChI is InChI=1S/C16H10ClN3/c17-15-16-18-8-9-20(16)14-7-6-12(10-13(14)19-15)11-4-2-1-3-5-11/h1-10H. The molecule has 0 radical (unpaired) electrons. The maximum atomic E-state index is 6.18. The largest absolute Gasteiger partial charge is 0.296 e. The van der Waals surface area contributed by atoms with Crippen LogP contribution in [0.4, 0.5) is 0 Å². The van der Waals surface area contributed by atoms with Gasteiger partial charge in [-0.2, -0.15) is 0 Å². The second-order valence-corrected chi connectivity index (χ2v) is 4.95. The summed E-state index contributed by atoms with van der Waals surface area (Å²) in [6, 6.07) is 16.4. The molecule has 4 rings (SSSR count). The summed E-state index contributed by atoms with van der Waals surface area (Å²) in [5.74, 6) is 0. The minimum absolute atomic E-state index is 0.424. The van der Waals surface area contributed by atoms with E-state index in [1.807, 2.05) is 28.8 Å². The number of imidazole rings is 1. The normalized spacial score (nSPS) is 11.2. The Labute approximate surface area is 120 Å². The first-order valence-corrected chi connectivity index (χ1v) is 6.68. The number of benzene rings is 2. The molecule has 0 saturated heterocycles. The van der Waals surface area contributed by atoms with Crippen LogP contribution in [0.15, 0.2) is 60.9 Å². The van der Waals surface area contributed by atoms with Crippen LogP contribution in [0.3, 0.4) is 0 Å². The molecule has 0 spiro atoms. The summed E-state index contributed by atoms with van der Waals surface area (Å²) in [7, 11) is 0. The minimum atomic E-state index is 0.424. The molecule has 0 N–H and O–H groups in total. The summed E-state index contributed by atoms with van der Waals surface area (Å²) < 4.78 is 1.96. The van der Waals surface area contributed by atoms with E-state index in [4.69, 9.17) is 11.6 Å². The van der Waals surface area contributed by atoms with Gasteiger partial charge in [0, 0.05) is 12.4 Å². The van der Waals surface area contributed by atoms with Gasteiger partial charge in [0.2, 0.25) is 0 Å². The number of aromatic nitrogens is 3. The first-order chi connectivity index (χ1) is 9.83. The highest BCUT2D eigenvalue weighted by Gasteiger charge is 2.08. The minimum Gasteiger partial charge on any atom is -0.296 e. The Balaban J connectivity index is 2.03. The maximum absolute atomic E-state index is 6.18. The van der Waals surface area contributed by atoms with E-state index in [0.29, 0.717) is 10.8 Å². The van der Waals surface area contributed by atoms with E-state index >= 15 is 0 Å². The summed E-state index contributed by atoms with van der Waals surface area (Å²) in [5, 5.41) is 0.424. The Morgan fingerprint density at radius 3 is 2.65 bits per heavy atom. The van der Waals surface area contributed by atoms with Crippen molar-refractivity contribution >= 4 is 28.3 Å². The van der Waals surface area contributed by atoms with Crippen molar-refractivity contribution in [2.24, 2.45) is 0 Å². The first kappa shape index (κ1) is 11.4. The fourth-order valence-electron chi connectivity index (χ4n) is 2.43. The van der Waals surface area contributed by atoms with Gasteiger partial charge in [-0.1, -0.05) is 48.0 Å². The van der Waals surface area contributed by atoms with Crippen LogP contribution < -0.4 is 0 Å². The van der Waals surface area contributed by atoms with Gasteiger partial charge in [-0.3, -0.25) is 4.40 Å². The molecule has 0 aliphatic carbocycles. The molecule has 0 saturated carbocycles. The molecule has 2 aromatic heterocycles. The molecule has 20 heavy (non-hydrogen) atoms. The number of rotatable bonds is 1. The van der Waals surface area contributed by atoms with Crippen molar-refractivity contribution in [2.75, 3.05) is 0 Å². The molecule has 96 valence electrons. The van der Waals surface area contributed by atoms with E-state index in [0.717, 1.165) is 22.2 Å². The van der Waals surface area contributed by atoms with Crippen molar-refractivity contribution in [3.63, 3.8) is 0 Å². The molecular weight excluding hydrogens is 270 g/mol. The van der Waals surface area contributed by atoms with Gasteiger partial charge in [0.15, 0.2) is 10.8 Å². The van der Waals surface area contributed by atoms with Crippen molar-refractivity contribution < 1.29 is 0 Å². The van der Waals surface area contributed by atoms with Crippen LogP contribution in [0, 0.1) is 0 Å². The third kappa shape index (κ3) is 1.67. The monoisotopic (exact) mass is 279 g/mol. The van der Waals surface area contributed by atoms with E-state index < -0.39 is 0 Å². The van der Waals surface area contributed by atoms with Crippen LogP contribution in [-0.4, -0.2) is 14.4 Å². The molecular formula is C16H10ClN3. The molecule has 0 bridgehead atoms. The number of hydrogen-bond donors (Lipinski definition) is 0. The zero-order chi connectivity index (χ0) is 13.5. The highest BCUT2D eigenvalue weighted by molar-refractivity contribution is 6.32. The van der Waals surface area contributed by atoms with Crippen molar-refractivity contribution in [2.45, 2.75) is 0 Å². The molecule has 0 amide bonds. The second-order valence-electron chi connectivity index (χ2n) is 4.59. The fourth-order valence-corrected chi connectivity index (χ4v) is 2.66. The smallest absolute Gasteiger partial charge is 0.175 e. The highest BCUT2D eigenvalue weighted by Crippen LogP contribution is 2.26. The molecule has 2 aromatic carbocycles. The first-order valence-electron chi connectivity index (χ1n) is 6.31. The maximum Gasteiger partial charge on any atom is 0.175 e. The zero-order valence-electron chi connectivity index (χ0n) is 10.5. The molecule has 4 heteroatoms. The Kier molecular flexibility index (Phi) is 2.47. The molecule has 2 heterocycles. The predicted molar refractivity (Wildman–Crippen MR) is 80.9 cm³/mol. The van der Waals surface area contributed by atoms with E-state index in [2.05, 4.69) is 40.3 Å². The lowest BCUT2D eigenvalue weighted by atomic mass is 10.1. The molecule has 4 aromatic rings. The summed E-state index contributed by atoms with van der Waals surface area (Å²) in [4.78, 5) is 8.66. The molecule has 0 unspecified atom stereocenters. The van der Waals surface area contributed by atoms with E-state index in [9.17, 15) is 0 Å².